The zero-order chi connectivity index (χ0) is 16.8. The largest absolute Gasteiger partial charge is 0.455 e. The smallest absolute Gasteiger partial charge is 0.338 e. The molecular formula is C20H20O4. The molecule has 1 aliphatic carbocycles. The summed E-state index contributed by atoms with van der Waals surface area (Å²) < 4.78 is 11.2. The third-order valence-electron chi connectivity index (χ3n) is 4.18. The quantitative estimate of drug-likeness (QED) is 0.797. The maximum atomic E-state index is 12.3. The highest BCUT2D eigenvalue weighted by Gasteiger charge is 2.32. The molecule has 0 unspecified atom stereocenters. The van der Waals surface area contributed by atoms with E-state index in [4.69, 9.17) is 9.47 Å². The topological polar surface area (TPSA) is 52.6 Å². The first kappa shape index (κ1) is 16.2. The van der Waals surface area contributed by atoms with Crippen molar-refractivity contribution in [2.45, 2.75) is 37.9 Å². The molecule has 1 aliphatic rings. The molecule has 4 nitrogen and oxygen atoms in total. The number of benzene rings is 2. The molecule has 0 bridgehead atoms. The highest BCUT2D eigenvalue weighted by Crippen LogP contribution is 2.25. The van der Waals surface area contributed by atoms with Crippen LogP contribution in [0, 0.1) is 0 Å². The van der Waals surface area contributed by atoms with Crippen LogP contribution in [0.25, 0.3) is 0 Å². The Morgan fingerprint density at radius 3 is 1.42 bits per heavy atom. The van der Waals surface area contributed by atoms with Crippen LogP contribution in [-0.4, -0.2) is 24.1 Å². The second-order valence-corrected chi connectivity index (χ2v) is 5.90. The molecule has 4 heteroatoms. The first-order valence-corrected chi connectivity index (χ1v) is 8.26. The normalized spacial score (nSPS) is 20.2. The van der Waals surface area contributed by atoms with Gasteiger partial charge in [-0.2, -0.15) is 0 Å². The molecule has 3 rings (SSSR count). The molecule has 1 saturated carbocycles. The molecule has 2 atom stereocenters. The van der Waals surface area contributed by atoms with E-state index in [1.165, 1.54) is 0 Å². The van der Waals surface area contributed by atoms with Gasteiger partial charge >= 0.3 is 11.9 Å². The zero-order valence-electron chi connectivity index (χ0n) is 13.4. The van der Waals surface area contributed by atoms with E-state index < -0.39 is 0 Å². The Morgan fingerprint density at radius 2 is 1.04 bits per heavy atom. The number of carbonyl (C=O) groups excluding carboxylic acids is 2. The van der Waals surface area contributed by atoms with Crippen molar-refractivity contribution in [1.82, 2.24) is 0 Å². The van der Waals surface area contributed by atoms with Gasteiger partial charge in [0.05, 0.1) is 11.1 Å². The van der Waals surface area contributed by atoms with Crippen molar-refractivity contribution in [2.24, 2.45) is 0 Å². The minimum absolute atomic E-state index is 0.372. The van der Waals surface area contributed by atoms with Gasteiger partial charge in [-0.15, -0.1) is 0 Å². The molecule has 2 aromatic rings. The summed E-state index contributed by atoms with van der Waals surface area (Å²) in [6.07, 6.45) is 2.58. The predicted molar refractivity (Wildman–Crippen MR) is 89.8 cm³/mol. The fraction of sp³-hybridized carbons (Fsp3) is 0.300. The summed E-state index contributed by atoms with van der Waals surface area (Å²) in [6, 6.07) is 17.8. The maximum absolute atomic E-state index is 12.3. The average Bonchev–Trinajstić information content (AvgIpc) is 2.64. The summed E-state index contributed by atoms with van der Waals surface area (Å²) in [5.74, 6) is -0.744. The molecule has 0 amide bonds. The van der Waals surface area contributed by atoms with Crippen LogP contribution < -0.4 is 0 Å². The SMILES string of the molecule is O=C(O[C@H]1CCCC[C@@H]1OC(=O)c1ccccc1)c1ccccc1. The van der Waals surface area contributed by atoms with Crippen molar-refractivity contribution in [3.8, 4) is 0 Å². The molecule has 2 aromatic carbocycles. The van der Waals surface area contributed by atoms with E-state index in [1.807, 2.05) is 12.1 Å². The first-order chi connectivity index (χ1) is 11.7. The van der Waals surface area contributed by atoms with Crippen molar-refractivity contribution in [3.63, 3.8) is 0 Å². The lowest BCUT2D eigenvalue weighted by atomic mass is 9.94. The second kappa shape index (κ2) is 7.77. The number of hydrogen-bond acceptors (Lipinski definition) is 4. The Balaban J connectivity index is 1.65. The molecule has 0 aliphatic heterocycles. The number of rotatable bonds is 4. The number of ether oxygens (including phenoxy) is 2. The van der Waals surface area contributed by atoms with Gasteiger partial charge in [-0.1, -0.05) is 36.4 Å². The maximum Gasteiger partial charge on any atom is 0.338 e. The van der Waals surface area contributed by atoms with Crippen LogP contribution in [0.2, 0.25) is 0 Å². The third kappa shape index (κ3) is 4.02. The first-order valence-electron chi connectivity index (χ1n) is 8.26. The van der Waals surface area contributed by atoms with E-state index in [-0.39, 0.29) is 24.1 Å². The molecule has 0 N–H and O–H groups in total. The summed E-state index contributed by atoms with van der Waals surface area (Å²) in [7, 11) is 0. The Morgan fingerprint density at radius 1 is 0.667 bits per heavy atom. The molecular weight excluding hydrogens is 304 g/mol. The van der Waals surface area contributed by atoms with Crippen LogP contribution in [0.15, 0.2) is 60.7 Å². The molecule has 0 aromatic heterocycles. The minimum Gasteiger partial charge on any atom is -0.455 e. The van der Waals surface area contributed by atoms with Gasteiger partial charge in [-0.25, -0.2) is 9.59 Å². The fourth-order valence-electron chi connectivity index (χ4n) is 2.89. The van der Waals surface area contributed by atoms with Crippen LogP contribution in [-0.2, 0) is 9.47 Å². The fourth-order valence-corrected chi connectivity index (χ4v) is 2.89. The Kier molecular flexibility index (Phi) is 5.26. The molecule has 0 heterocycles. The van der Waals surface area contributed by atoms with Gasteiger partial charge in [-0.05, 0) is 49.9 Å². The summed E-state index contributed by atoms with van der Waals surface area (Å²) in [5, 5.41) is 0. The lowest BCUT2D eigenvalue weighted by Crippen LogP contribution is -2.37. The molecule has 0 saturated heterocycles. The van der Waals surface area contributed by atoms with Gasteiger partial charge < -0.3 is 9.47 Å². The summed E-state index contributed by atoms with van der Waals surface area (Å²) >= 11 is 0. The molecule has 24 heavy (non-hydrogen) atoms. The minimum atomic E-state index is -0.390. The van der Waals surface area contributed by atoms with E-state index in [0.29, 0.717) is 24.0 Å². The Labute approximate surface area is 141 Å². The van der Waals surface area contributed by atoms with Gasteiger partial charge in [-0.3, -0.25) is 0 Å². The van der Waals surface area contributed by atoms with Crippen molar-refractivity contribution in [1.29, 1.82) is 0 Å². The van der Waals surface area contributed by atoms with Crippen LogP contribution in [0.1, 0.15) is 46.4 Å². The van der Waals surface area contributed by atoms with Crippen LogP contribution >= 0.6 is 0 Å². The van der Waals surface area contributed by atoms with E-state index in [2.05, 4.69) is 0 Å². The summed E-state index contributed by atoms with van der Waals surface area (Å²) in [4.78, 5) is 24.5. The van der Waals surface area contributed by atoms with Crippen LogP contribution in [0.4, 0.5) is 0 Å². The summed E-state index contributed by atoms with van der Waals surface area (Å²) in [6.45, 7) is 0. The second-order valence-electron chi connectivity index (χ2n) is 5.90. The van der Waals surface area contributed by atoms with E-state index in [0.717, 1.165) is 12.8 Å². The molecule has 0 radical (unpaired) electrons. The van der Waals surface area contributed by atoms with Crippen LogP contribution in [0.5, 0.6) is 0 Å². The van der Waals surface area contributed by atoms with Crippen molar-refractivity contribution in [3.05, 3.63) is 71.8 Å². The van der Waals surface area contributed by atoms with Crippen molar-refractivity contribution in [2.75, 3.05) is 0 Å². The van der Waals surface area contributed by atoms with Gasteiger partial charge in [0.2, 0.25) is 0 Å². The van der Waals surface area contributed by atoms with Gasteiger partial charge in [0.1, 0.15) is 12.2 Å². The number of esters is 2. The standard InChI is InChI=1S/C20H20O4/c21-19(15-9-3-1-4-10-15)23-17-13-7-8-14-18(17)24-20(22)16-11-5-2-6-12-16/h1-6,9-12,17-18H,7-8,13-14H2/t17-,18-/m0/s1. The van der Waals surface area contributed by atoms with Crippen molar-refractivity contribution < 1.29 is 19.1 Å². The highest BCUT2D eigenvalue weighted by atomic mass is 16.6. The van der Waals surface area contributed by atoms with E-state index in [1.54, 1.807) is 48.5 Å². The van der Waals surface area contributed by atoms with E-state index in [9.17, 15) is 9.59 Å². The molecule has 1 fully saturated rings. The van der Waals surface area contributed by atoms with Gasteiger partial charge in [0.15, 0.2) is 0 Å². The summed E-state index contributed by atoms with van der Waals surface area (Å²) in [5.41, 5.74) is 1.02. The Hall–Kier alpha value is -2.62. The van der Waals surface area contributed by atoms with Crippen molar-refractivity contribution >= 4 is 11.9 Å². The highest BCUT2D eigenvalue weighted by molar-refractivity contribution is 5.90. The third-order valence-corrected chi connectivity index (χ3v) is 4.18. The number of hydrogen-bond donors (Lipinski definition) is 0. The monoisotopic (exact) mass is 324 g/mol. The lowest BCUT2D eigenvalue weighted by Gasteiger charge is -2.30. The number of carbonyl (C=O) groups is 2. The average molecular weight is 324 g/mol. The Bertz CT molecular complexity index is 620. The molecule has 0 spiro atoms. The zero-order valence-corrected chi connectivity index (χ0v) is 13.4. The molecule has 124 valence electrons. The lowest BCUT2D eigenvalue weighted by molar-refractivity contribution is -0.0514. The predicted octanol–water partition coefficient (Wildman–Crippen LogP) is 4.01. The van der Waals surface area contributed by atoms with Gasteiger partial charge in [0.25, 0.3) is 0 Å². The van der Waals surface area contributed by atoms with Crippen LogP contribution in [0.3, 0.4) is 0 Å². The van der Waals surface area contributed by atoms with E-state index >= 15 is 0 Å². The van der Waals surface area contributed by atoms with Gasteiger partial charge in [0, 0.05) is 0 Å².